The van der Waals surface area contributed by atoms with Crippen LogP contribution in [0, 0.1) is 0 Å². The number of nitrogens with zero attached hydrogens (tertiary/aromatic N) is 4. The van der Waals surface area contributed by atoms with E-state index in [-0.39, 0.29) is 0 Å². The Labute approximate surface area is 113 Å². The van der Waals surface area contributed by atoms with E-state index in [4.69, 9.17) is 9.47 Å². The van der Waals surface area contributed by atoms with Gasteiger partial charge >= 0.3 is 0 Å². The maximum absolute atomic E-state index is 5.41. The highest BCUT2D eigenvalue weighted by Gasteiger charge is 2.21. The molecule has 19 heavy (non-hydrogen) atoms. The first-order valence-corrected chi connectivity index (χ1v) is 6.95. The third-order valence-electron chi connectivity index (χ3n) is 3.07. The van der Waals surface area contributed by atoms with Crippen LogP contribution >= 0.6 is 0 Å². The molecule has 7 nitrogen and oxygen atoms in total. The summed E-state index contributed by atoms with van der Waals surface area (Å²) in [5.74, 6) is 0.923. The smallest absolute Gasteiger partial charge is 0.165 e. The fourth-order valence-electron chi connectivity index (χ4n) is 1.76. The lowest BCUT2D eigenvalue weighted by atomic mass is 10.3. The van der Waals surface area contributed by atoms with Gasteiger partial charge < -0.3 is 14.8 Å². The Kier molecular flexibility index (Phi) is 6.19. The summed E-state index contributed by atoms with van der Waals surface area (Å²) < 4.78 is 12.2. The minimum Gasteiger partial charge on any atom is -0.382 e. The molecule has 2 rings (SSSR count). The van der Waals surface area contributed by atoms with Crippen LogP contribution in [-0.4, -0.2) is 53.2 Å². The summed E-state index contributed by atoms with van der Waals surface area (Å²) in [4.78, 5) is 0. The molecule has 0 unspecified atom stereocenters. The molecule has 1 N–H and O–H groups in total. The third-order valence-corrected chi connectivity index (χ3v) is 3.07. The second-order valence-electron chi connectivity index (χ2n) is 4.79. The predicted octanol–water partition coefficient (Wildman–Crippen LogP) is 0.368. The summed E-state index contributed by atoms with van der Waals surface area (Å²) in [5.41, 5.74) is 0. The van der Waals surface area contributed by atoms with Gasteiger partial charge in [0.2, 0.25) is 0 Å². The van der Waals surface area contributed by atoms with E-state index >= 15 is 0 Å². The van der Waals surface area contributed by atoms with Gasteiger partial charge in [0.15, 0.2) is 5.82 Å². The molecule has 0 atom stereocenters. The summed E-state index contributed by atoms with van der Waals surface area (Å²) in [6, 6.07) is 0.680. The van der Waals surface area contributed by atoms with Crippen LogP contribution in [0.5, 0.6) is 0 Å². The largest absolute Gasteiger partial charge is 0.382 e. The monoisotopic (exact) mass is 269 g/mol. The molecule has 0 amide bonds. The third kappa shape index (κ3) is 5.63. The first-order chi connectivity index (χ1) is 9.40. The van der Waals surface area contributed by atoms with E-state index in [1.165, 1.54) is 12.8 Å². The first kappa shape index (κ1) is 14.4. The molecule has 1 aromatic rings. The summed E-state index contributed by atoms with van der Waals surface area (Å²) in [6.45, 7) is 3.70. The van der Waals surface area contributed by atoms with Crippen LogP contribution < -0.4 is 5.32 Å². The fourth-order valence-corrected chi connectivity index (χ4v) is 1.76. The van der Waals surface area contributed by atoms with Crippen LogP contribution in [0.4, 0.5) is 0 Å². The molecular formula is C12H23N5O2. The molecule has 1 fully saturated rings. The van der Waals surface area contributed by atoms with Gasteiger partial charge in [-0.05, 0) is 36.1 Å². The van der Waals surface area contributed by atoms with Gasteiger partial charge in [0.25, 0.3) is 0 Å². The molecule has 1 aromatic heterocycles. The topological polar surface area (TPSA) is 74.1 Å². The van der Waals surface area contributed by atoms with Crippen molar-refractivity contribution in [2.45, 2.75) is 44.8 Å². The number of aryl methyl sites for hydroxylation is 1. The second-order valence-corrected chi connectivity index (χ2v) is 4.79. The van der Waals surface area contributed by atoms with E-state index in [9.17, 15) is 0 Å². The van der Waals surface area contributed by atoms with Gasteiger partial charge in [-0.3, -0.25) is 0 Å². The standard InChI is InChI=1S/C12H23N5O2/c1-18-8-9-19-7-3-2-6-17-12(14-15-16-17)10-13-11-4-5-11/h11,13H,2-10H2,1H3. The molecule has 1 heterocycles. The molecule has 0 aliphatic heterocycles. The van der Waals surface area contributed by atoms with Crippen molar-refractivity contribution in [3.05, 3.63) is 5.82 Å². The molecule has 0 radical (unpaired) electrons. The number of methoxy groups -OCH3 is 1. The number of hydrogen-bond acceptors (Lipinski definition) is 6. The maximum atomic E-state index is 5.41. The zero-order valence-electron chi connectivity index (χ0n) is 11.5. The van der Waals surface area contributed by atoms with Crippen LogP contribution in [0.1, 0.15) is 31.5 Å². The van der Waals surface area contributed by atoms with Crippen LogP contribution in [0.3, 0.4) is 0 Å². The van der Waals surface area contributed by atoms with Crippen molar-refractivity contribution in [1.82, 2.24) is 25.5 Å². The van der Waals surface area contributed by atoms with Gasteiger partial charge in [-0.15, -0.1) is 5.10 Å². The van der Waals surface area contributed by atoms with Gasteiger partial charge in [0.05, 0.1) is 19.8 Å². The maximum Gasteiger partial charge on any atom is 0.165 e. The van der Waals surface area contributed by atoms with E-state index in [2.05, 4.69) is 20.8 Å². The van der Waals surface area contributed by atoms with Crippen molar-refractivity contribution in [3.63, 3.8) is 0 Å². The van der Waals surface area contributed by atoms with Gasteiger partial charge in [0, 0.05) is 26.3 Å². The summed E-state index contributed by atoms with van der Waals surface area (Å²) in [6.07, 6.45) is 4.59. The van der Waals surface area contributed by atoms with Gasteiger partial charge in [-0.2, -0.15) is 0 Å². The van der Waals surface area contributed by atoms with Crippen LogP contribution in [0.15, 0.2) is 0 Å². The lowest BCUT2D eigenvalue weighted by Gasteiger charge is -2.06. The quantitative estimate of drug-likeness (QED) is 0.585. The molecule has 108 valence electrons. The highest BCUT2D eigenvalue weighted by Crippen LogP contribution is 2.18. The summed E-state index contributed by atoms with van der Waals surface area (Å²) in [5, 5.41) is 15.2. The lowest BCUT2D eigenvalue weighted by Crippen LogP contribution is -2.19. The van der Waals surface area contributed by atoms with Gasteiger partial charge in [-0.1, -0.05) is 0 Å². The predicted molar refractivity (Wildman–Crippen MR) is 69.6 cm³/mol. The minimum atomic E-state index is 0.657. The molecule has 7 heteroatoms. The van der Waals surface area contributed by atoms with Crippen molar-refractivity contribution >= 4 is 0 Å². The molecule has 1 aliphatic carbocycles. The molecule has 1 aliphatic rings. The van der Waals surface area contributed by atoms with E-state index in [0.29, 0.717) is 19.3 Å². The summed E-state index contributed by atoms with van der Waals surface area (Å²) >= 11 is 0. The number of hydrogen-bond donors (Lipinski definition) is 1. The zero-order valence-corrected chi connectivity index (χ0v) is 11.5. The Hall–Kier alpha value is -1.05. The Morgan fingerprint density at radius 2 is 2.16 bits per heavy atom. The molecule has 0 saturated heterocycles. The van der Waals surface area contributed by atoms with E-state index in [1.807, 2.05) is 4.68 Å². The average molecular weight is 269 g/mol. The van der Waals surface area contributed by atoms with Crippen molar-refractivity contribution in [3.8, 4) is 0 Å². The normalized spacial score (nSPS) is 15.0. The first-order valence-electron chi connectivity index (χ1n) is 6.95. The minimum absolute atomic E-state index is 0.657. The van der Waals surface area contributed by atoms with Crippen molar-refractivity contribution < 1.29 is 9.47 Å². The number of unbranched alkanes of at least 4 members (excludes halogenated alkanes) is 1. The van der Waals surface area contributed by atoms with E-state index in [1.54, 1.807) is 7.11 Å². The SMILES string of the molecule is COCCOCCCCn1nnnc1CNC1CC1. The highest BCUT2D eigenvalue weighted by atomic mass is 16.5. The van der Waals surface area contributed by atoms with Gasteiger partial charge in [0.1, 0.15) is 0 Å². The fraction of sp³-hybridized carbons (Fsp3) is 0.917. The number of ether oxygens (including phenoxy) is 2. The Morgan fingerprint density at radius 1 is 1.26 bits per heavy atom. The Balaban J connectivity index is 1.55. The van der Waals surface area contributed by atoms with E-state index < -0.39 is 0 Å². The molecule has 1 saturated carbocycles. The average Bonchev–Trinajstić information content (AvgIpc) is 3.15. The van der Waals surface area contributed by atoms with Crippen LogP contribution in [0.2, 0.25) is 0 Å². The molecule has 0 aromatic carbocycles. The van der Waals surface area contributed by atoms with Crippen LogP contribution in [-0.2, 0) is 22.6 Å². The highest BCUT2D eigenvalue weighted by molar-refractivity contribution is 4.86. The van der Waals surface area contributed by atoms with Gasteiger partial charge in [-0.25, -0.2) is 4.68 Å². The Bertz CT molecular complexity index is 354. The summed E-state index contributed by atoms with van der Waals surface area (Å²) in [7, 11) is 1.68. The second kappa shape index (κ2) is 8.19. The zero-order chi connectivity index (χ0) is 13.3. The van der Waals surface area contributed by atoms with Crippen LogP contribution in [0.25, 0.3) is 0 Å². The number of aromatic nitrogens is 4. The lowest BCUT2D eigenvalue weighted by molar-refractivity contribution is 0.0683. The Morgan fingerprint density at radius 3 is 2.95 bits per heavy atom. The number of tetrazole rings is 1. The number of rotatable bonds is 11. The molecule has 0 bridgehead atoms. The van der Waals surface area contributed by atoms with Crippen molar-refractivity contribution in [1.29, 1.82) is 0 Å². The van der Waals surface area contributed by atoms with Crippen molar-refractivity contribution in [2.24, 2.45) is 0 Å². The van der Waals surface area contributed by atoms with Crippen molar-refractivity contribution in [2.75, 3.05) is 26.9 Å². The molecule has 0 spiro atoms. The van der Waals surface area contributed by atoms with E-state index in [0.717, 1.165) is 38.4 Å². The number of nitrogens with one attached hydrogen (secondary N) is 1. The molecular weight excluding hydrogens is 246 g/mol.